The average Bonchev–Trinajstić information content (AvgIpc) is 2.29. The van der Waals surface area contributed by atoms with Crippen LogP contribution in [0.4, 0.5) is 0 Å². The van der Waals surface area contributed by atoms with Crippen LogP contribution in [0.2, 0.25) is 0 Å². The number of hydrogen-bond acceptors (Lipinski definition) is 2. The molecule has 2 aromatic carbocycles. The smallest absolute Gasteiger partial charge is 0.163 e. The van der Waals surface area contributed by atoms with E-state index in [0.717, 1.165) is 14.7 Å². The van der Waals surface area contributed by atoms with Crippen LogP contribution in [-0.2, 0) is 0 Å². The monoisotopic (exact) mass is 338 g/mol. The van der Waals surface area contributed by atoms with Gasteiger partial charge in [-0.1, -0.05) is 18.2 Å². The van der Waals surface area contributed by atoms with Gasteiger partial charge in [0.1, 0.15) is 5.75 Å². The normalized spacial score (nSPS) is 10.2. The van der Waals surface area contributed by atoms with Crippen molar-refractivity contribution in [3.8, 4) is 16.9 Å². The van der Waals surface area contributed by atoms with Gasteiger partial charge in [-0.3, -0.25) is 4.79 Å². The van der Waals surface area contributed by atoms with Crippen molar-refractivity contribution in [1.82, 2.24) is 0 Å². The van der Waals surface area contributed by atoms with Gasteiger partial charge in [0.25, 0.3) is 0 Å². The molecule has 0 aromatic heterocycles. The molecule has 2 aromatic rings. The van der Waals surface area contributed by atoms with Crippen LogP contribution < -0.4 is 0 Å². The third-order valence-electron chi connectivity index (χ3n) is 2.53. The van der Waals surface area contributed by atoms with Gasteiger partial charge in [0, 0.05) is 3.57 Å². The molecule has 0 aliphatic rings. The van der Waals surface area contributed by atoms with Crippen molar-refractivity contribution in [2.24, 2.45) is 0 Å². The molecule has 0 unspecified atom stereocenters. The molecule has 86 valence electrons. The molecule has 17 heavy (non-hydrogen) atoms. The van der Waals surface area contributed by atoms with E-state index in [2.05, 4.69) is 22.6 Å². The van der Waals surface area contributed by atoms with Crippen molar-refractivity contribution in [1.29, 1.82) is 0 Å². The van der Waals surface area contributed by atoms with Crippen LogP contribution >= 0.6 is 22.6 Å². The summed E-state index contributed by atoms with van der Waals surface area (Å²) in [6.45, 7) is 1.45. The van der Waals surface area contributed by atoms with Crippen LogP contribution in [0, 0.1) is 3.57 Å². The average molecular weight is 338 g/mol. The number of carbonyl (C=O) groups is 1. The van der Waals surface area contributed by atoms with E-state index >= 15 is 0 Å². The van der Waals surface area contributed by atoms with Crippen molar-refractivity contribution in [2.75, 3.05) is 0 Å². The van der Waals surface area contributed by atoms with Crippen LogP contribution in [0.5, 0.6) is 5.75 Å². The van der Waals surface area contributed by atoms with Crippen LogP contribution in [-0.4, -0.2) is 10.9 Å². The Balaban J connectivity index is 2.54. The fourth-order valence-corrected chi connectivity index (χ4v) is 2.21. The van der Waals surface area contributed by atoms with E-state index in [9.17, 15) is 9.90 Å². The highest BCUT2D eigenvalue weighted by Crippen LogP contribution is 2.27. The lowest BCUT2D eigenvalue weighted by Gasteiger charge is -2.06. The summed E-state index contributed by atoms with van der Waals surface area (Å²) in [4.78, 5) is 11.4. The van der Waals surface area contributed by atoms with E-state index in [1.165, 1.54) is 6.92 Å². The summed E-state index contributed by atoms with van der Waals surface area (Å²) < 4.78 is 1.14. The largest absolute Gasteiger partial charge is 0.507 e. The molecule has 3 heteroatoms. The van der Waals surface area contributed by atoms with E-state index in [0.29, 0.717) is 5.56 Å². The van der Waals surface area contributed by atoms with Crippen LogP contribution in [0.1, 0.15) is 17.3 Å². The zero-order valence-electron chi connectivity index (χ0n) is 9.27. The molecule has 0 heterocycles. The lowest BCUT2D eigenvalue weighted by atomic mass is 10.0. The summed E-state index contributed by atoms with van der Waals surface area (Å²) in [5.74, 6) is -0.0955. The minimum atomic E-state index is -0.130. The van der Waals surface area contributed by atoms with E-state index in [1.54, 1.807) is 12.1 Å². The van der Waals surface area contributed by atoms with Gasteiger partial charge in [-0.05, 0) is 64.9 Å². The first-order valence-electron chi connectivity index (χ1n) is 5.18. The maximum atomic E-state index is 11.4. The second-order valence-electron chi connectivity index (χ2n) is 3.80. The highest BCUT2D eigenvalue weighted by molar-refractivity contribution is 14.1. The molecule has 0 aliphatic carbocycles. The minimum Gasteiger partial charge on any atom is -0.507 e. The number of rotatable bonds is 2. The van der Waals surface area contributed by atoms with Gasteiger partial charge in [0.05, 0.1) is 5.56 Å². The fourth-order valence-electron chi connectivity index (χ4n) is 1.67. The Morgan fingerprint density at radius 3 is 2.47 bits per heavy atom. The Hall–Kier alpha value is -1.36. The fraction of sp³-hybridized carbons (Fsp3) is 0.0714. The molecule has 0 saturated carbocycles. The summed E-state index contributed by atoms with van der Waals surface area (Å²) in [6, 6.07) is 13.1. The van der Waals surface area contributed by atoms with Crippen molar-refractivity contribution in [2.45, 2.75) is 6.92 Å². The number of halogens is 1. The molecular weight excluding hydrogens is 327 g/mol. The lowest BCUT2D eigenvalue weighted by Crippen LogP contribution is -1.93. The summed E-state index contributed by atoms with van der Waals surface area (Å²) in [5, 5.41) is 9.58. The molecule has 1 N–H and O–H groups in total. The Morgan fingerprint density at radius 2 is 1.82 bits per heavy atom. The number of hydrogen-bond donors (Lipinski definition) is 1. The molecular formula is C14H11IO2. The van der Waals surface area contributed by atoms with Crippen molar-refractivity contribution in [3.63, 3.8) is 0 Å². The molecule has 0 bridgehead atoms. The van der Waals surface area contributed by atoms with Gasteiger partial charge in [0.15, 0.2) is 5.78 Å². The van der Waals surface area contributed by atoms with E-state index in [-0.39, 0.29) is 11.5 Å². The zero-order chi connectivity index (χ0) is 12.4. The first kappa shape index (κ1) is 12.1. The predicted molar refractivity (Wildman–Crippen MR) is 76.3 cm³/mol. The SMILES string of the molecule is CC(=O)c1cc(-c2cccc(I)c2)ccc1O. The molecule has 0 aliphatic heterocycles. The second kappa shape index (κ2) is 4.87. The number of benzene rings is 2. The van der Waals surface area contributed by atoms with Gasteiger partial charge in [-0.25, -0.2) is 0 Å². The molecule has 0 atom stereocenters. The van der Waals surface area contributed by atoms with Gasteiger partial charge in [-0.15, -0.1) is 0 Å². The zero-order valence-corrected chi connectivity index (χ0v) is 11.4. The van der Waals surface area contributed by atoms with E-state index < -0.39 is 0 Å². The number of aromatic hydroxyl groups is 1. The Labute approximate surface area is 113 Å². The molecule has 0 radical (unpaired) electrons. The van der Waals surface area contributed by atoms with E-state index in [4.69, 9.17) is 0 Å². The highest BCUT2D eigenvalue weighted by Gasteiger charge is 2.08. The Kier molecular flexibility index (Phi) is 3.47. The maximum Gasteiger partial charge on any atom is 0.163 e. The van der Waals surface area contributed by atoms with Gasteiger partial charge >= 0.3 is 0 Å². The third kappa shape index (κ3) is 2.66. The Bertz CT molecular complexity index is 576. The van der Waals surface area contributed by atoms with Gasteiger partial charge in [0.2, 0.25) is 0 Å². The molecule has 0 spiro atoms. The Morgan fingerprint density at radius 1 is 1.12 bits per heavy atom. The number of phenolic OH excluding ortho intramolecular Hbond substituents is 1. The van der Waals surface area contributed by atoms with E-state index in [1.807, 2.05) is 30.3 Å². The molecule has 2 nitrogen and oxygen atoms in total. The number of phenols is 1. The summed E-state index contributed by atoms with van der Waals surface area (Å²) in [6.07, 6.45) is 0. The third-order valence-corrected chi connectivity index (χ3v) is 3.20. The molecule has 0 amide bonds. The van der Waals surface area contributed by atoms with Crippen LogP contribution in [0.15, 0.2) is 42.5 Å². The van der Waals surface area contributed by atoms with Crippen LogP contribution in [0.3, 0.4) is 0 Å². The number of Topliss-reactive ketones (excluding diaryl/α,β-unsaturated/α-hetero) is 1. The molecule has 0 fully saturated rings. The predicted octanol–water partition coefficient (Wildman–Crippen LogP) is 3.87. The lowest BCUT2D eigenvalue weighted by molar-refractivity contribution is 0.101. The van der Waals surface area contributed by atoms with Gasteiger partial charge in [-0.2, -0.15) is 0 Å². The van der Waals surface area contributed by atoms with Gasteiger partial charge < -0.3 is 5.11 Å². The standard InChI is InChI=1S/C14H11IO2/c1-9(16)13-8-11(5-6-14(13)17)10-3-2-4-12(15)7-10/h2-8,17H,1H3. The summed E-state index contributed by atoms with van der Waals surface area (Å²) in [5.41, 5.74) is 2.34. The summed E-state index contributed by atoms with van der Waals surface area (Å²) in [7, 11) is 0. The van der Waals surface area contributed by atoms with Crippen molar-refractivity contribution >= 4 is 28.4 Å². The van der Waals surface area contributed by atoms with Crippen molar-refractivity contribution < 1.29 is 9.90 Å². The topological polar surface area (TPSA) is 37.3 Å². The first-order chi connectivity index (χ1) is 8.08. The quantitative estimate of drug-likeness (QED) is 0.667. The second-order valence-corrected chi connectivity index (χ2v) is 5.04. The van der Waals surface area contributed by atoms with Crippen LogP contribution in [0.25, 0.3) is 11.1 Å². The first-order valence-corrected chi connectivity index (χ1v) is 6.25. The van der Waals surface area contributed by atoms with Crippen molar-refractivity contribution in [3.05, 3.63) is 51.6 Å². The summed E-state index contributed by atoms with van der Waals surface area (Å²) >= 11 is 2.24. The molecule has 2 rings (SSSR count). The number of ketones is 1. The number of carbonyl (C=O) groups excluding carboxylic acids is 1. The minimum absolute atomic E-state index is 0.0341. The maximum absolute atomic E-state index is 11.4. The molecule has 0 saturated heterocycles. The highest BCUT2D eigenvalue weighted by atomic mass is 127.